The highest BCUT2D eigenvalue weighted by atomic mass is 16.5. The van der Waals surface area contributed by atoms with Crippen molar-refractivity contribution in [2.45, 2.75) is 12.3 Å². The van der Waals surface area contributed by atoms with Crippen LogP contribution in [0, 0.1) is 28.6 Å². The average Bonchev–Trinajstić information content (AvgIpc) is 2.62. The van der Waals surface area contributed by atoms with Crippen molar-refractivity contribution in [1.29, 1.82) is 10.5 Å². The number of hydrogen-bond acceptors (Lipinski definition) is 4. The van der Waals surface area contributed by atoms with Gasteiger partial charge in [-0.1, -0.05) is 42.5 Å². The molecule has 4 nitrogen and oxygen atoms in total. The fourth-order valence-electron chi connectivity index (χ4n) is 2.43. The van der Waals surface area contributed by atoms with E-state index in [2.05, 4.69) is 0 Å². The first-order valence-corrected chi connectivity index (χ1v) is 7.21. The number of ketones is 1. The summed E-state index contributed by atoms with van der Waals surface area (Å²) in [4.78, 5) is 12.4. The smallest absolute Gasteiger partial charge is 0.163 e. The molecule has 4 heteroatoms. The Bertz CT molecular complexity index is 726. The predicted octanol–water partition coefficient (Wildman–Crippen LogP) is 3.72. The summed E-state index contributed by atoms with van der Waals surface area (Å²) in [5.41, 5.74) is 1.36. The SMILES string of the molecule is COc1ccc([C@@H](CC(=O)c2ccccc2)C(C#N)C#N)cc1. The molecule has 2 aromatic carbocycles. The first kappa shape index (κ1) is 16.3. The number of rotatable bonds is 6. The molecule has 0 saturated heterocycles. The van der Waals surface area contributed by atoms with E-state index in [1.54, 1.807) is 55.6 Å². The summed E-state index contributed by atoms with van der Waals surface area (Å²) < 4.78 is 5.12. The average molecular weight is 304 g/mol. The largest absolute Gasteiger partial charge is 0.497 e. The number of carbonyl (C=O) groups is 1. The molecule has 2 rings (SSSR count). The van der Waals surface area contributed by atoms with Gasteiger partial charge in [-0.15, -0.1) is 0 Å². The minimum Gasteiger partial charge on any atom is -0.497 e. The van der Waals surface area contributed by atoms with Crippen molar-refractivity contribution < 1.29 is 9.53 Å². The van der Waals surface area contributed by atoms with Gasteiger partial charge in [0.1, 0.15) is 11.7 Å². The van der Waals surface area contributed by atoms with E-state index >= 15 is 0 Å². The third-order valence-corrected chi connectivity index (χ3v) is 3.73. The second kappa shape index (κ2) is 7.77. The van der Waals surface area contributed by atoms with Crippen molar-refractivity contribution in [1.82, 2.24) is 0 Å². The third-order valence-electron chi connectivity index (χ3n) is 3.73. The second-order valence-corrected chi connectivity index (χ2v) is 5.11. The van der Waals surface area contributed by atoms with Gasteiger partial charge in [-0.05, 0) is 17.7 Å². The van der Waals surface area contributed by atoms with E-state index in [9.17, 15) is 15.3 Å². The maximum absolute atomic E-state index is 12.4. The van der Waals surface area contributed by atoms with E-state index in [4.69, 9.17) is 4.74 Å². The summed E-state index contributed by atoms with van der Waals surface area (Å²) >= 11 is 0. The van der Waals surface area contributed by atoms with Crippen molar-refractivity contribution in [2.24, 2.45) is 5.92 Å². The molecule has 0 aliphatic carbocycles. The number of benzene rings is 2. The standard InChI is InChI=1S/C19H16N2O2/c1-23-17-9-7-14(8-10-17)18(16(12-20)13-21)11-19(22)15-5-3-2-4-6-15/h2-10,16,18H,11H2,1H3/t18-/m1/s1. The van der Waals surface area contributed by atoms with E-state index < -0.39 is 11.8 Å². The summed E-state index contributed by atoms with van der Waals surface area (Å²) in [6.45, 7) is 0. The second-order valence-electron chi connectivity index (χ2n) is 5.11. The van der Waals surface area contributed by atoms with Gasteiger partial charge in [-0.2, -0.15) is 10.5 Å². The van der Waals surface area contributed by atoms with E-state index in [1.807, 2.05) is 18.2 Å². The lowest BCUT2D eigenvalue weighted by Gasteiger charge is -2.17. The molecule has 0 spiro atoms. The molecular formula is C19H16N2O2. The zero-order chi connectivity index (χ0) is 16.7. The molecule has 0 aliphatic rings. The molecule has 0 amide bonds. The van der Waals surface area contributed by atoms with Crippen LogP contribution in [0.2, 0.25) is 0 Å². The lowest BCUT2D eigenvalue weighted by Crippen LogP contribution is -2.15. The van der Waals surface area contributed by atoms with Crippen LogP contribution in [0.3, 0.4) is 0 Å². The number of methoxy groups -OCH3 is 1. The molecule has 0 aromatic heterocycles. The normalized spacial score (nSPS) is 11.3. The maximum atomic E-state index is 12.4. The van der Waals surface area contributed by atoms with Crippen LogP contribution in [0.4, 0.5) is 0 Å². The van der Waals surface area contributed by atoms with Crippen LogP contribution >= 0.6 is 0 Å². The van der Waals surface area contributed by atoms with Crippen molar-refractivity contribution in [2.75, 3.05) is 7.11 Å². The molecule has 0 heterocycles. The van der Waals surface area contributed by atoms with Gasteiger partial charge in [0.25, 0.3) is 0 Å². The highest BCUT2D eigenvalue weighted by molar-refractivity contribution is 5.96. The molecule has 23 heavy (non-hydrogen) atoms. The predicted molar refractivity (Wildman–Crippen MR) is 85.8 cm³/mol. The lowest BCUT2D eigenvalue weighted by atomic mass is 9.83. The van der Waals surface area contributed by atoms with E-state index in [0.717, 1.165) is 5.56 Å². The summed E-state index contributed by atoms with van der Waals surface area (Å²) in [5, 5.41) is 18.5. The van der Waals surface area contributed by atoms with Crippen LogP contribution in [-0.4, -0.2) is 12.9 Å². The Labute approximate surface area is 135 Å². The van der Waals surface area contributed by atoms with Crippen molar-refractivity contribution in [3.05, 3.63) is 65.7 Å². The van der Waals surface area contributed by atoms with Crippen molar-refractivity contribution >= 4 is 5.78 Å². The zero-order valence-electron chi connectivity index (χ0n) is 12.8. The molecule has 0 N–H and O–H groups in total. The van der Waals surface area contributed by atoms with Gasteiger partial charge in [-0.3, -0.25) is 4.79 Å². The summed E-state index contributed by atoms with van der Waals surface area (Å²) in [7, 11) is 1.57. The van der Waals surface area contributed by atoms with Gasteiger partial charge in [-0.25, -0.2) is 0 Å². The van der Waals surface area contributed by atoms with Crippen LogP contribution < -0.4 is 4.74 Å². The lowest BCUT2D eigenvalue weighted by molar-refractivity contribution is 0.0971. The van der Waals surface area contributed by atoms with E-state index in [-0.39, 0.29) is 12.2 Å². The van der Waals surface area contributed by atoms with E-state index in [0.29, 0.717) is 11.3 Å². The van der Waals surface area contributed by atoms with Crippen LogP contribution in [0.15, 0.2) is 54.6 Å². The molecule has 114 valence electrons. The minimum atomic E-state index is -0.879. The maximum Gasteiger partial charge on any atom is 0.163 e. The Balaban J connectivity index is 2.29. The quantitative estimate of drug-likeness (QED) is 0.762. The molecule has 0 fully saturated rings. The Morgan fingerprint density at radius 2 is 1.65 bits per heavy atom. The van der Waals surface area contributed by atoms with Crippen LogP contribution in [-0.2, 0) is 0 Å². The highest BCUT2D eigenvalue weighted by Gasteiger charge is 2.26. The Morgan fingerprint density at radius 3 is 2.17 bits per heavy atom. The number of nitrogens with zero attached hydrogens (tertiary/aromatic N) is 2. The molecule has 1 atom stereocenters. The topological polar surface area (TPSA) is 73.9 Å². The molecule has 0 aliphatic heterocycles. The molecular weight excluding hydrogens is 288 g/mol. The fraction of sp³-hybridized carbons (Fsp3) is 0.211. The summed E-state index contributed by atoms with van der Waals surface area (Å²) in [6, 6.07) is 20.0. The van der Waals surface area contributed by atoms with Gasteiger partial charge in [0.15, 0.2) is 5.78 Å². The number of hydrogen-bond donors (Lipinski definition) is 0. The van der Waals surface area contributed by atoms with Crippen LogP contribution in [0.5, 0.6) is 5.75 Å². The molecule has 0 saturated carbocycles. The van der Waals surface area contributed by atoms with Gasteiger partial charge in [0, 0.05) is 17.9 Å². The van der Waals surface area contributed by atoms with Crippen LogP contribution in [0.25, 0.3) is 0 Å². The number of ether oxygens (including phenoxy) is 1. The fourth-order valence-corrected chi connectivity index (χ4v) is 2.43. The van der Waals surface area contributed by atoms with Gasteiger partial charge in [0.05, 0.1) is 19.2 Å². The Morgan fingerprint density at radius 1 is 1.04 bits per heavy atom. The van der Waals surface area contributed by atoms with Crippen molar-refractivity contribution in [3.8, 4) is 17.9 Å². The van der Waals surface area contributed by atoms with Gasteiger partial charge >= 0.3 is 0 Å². The first-order valence-electron chi connectivity index (χ1n) is 7.21. The Hall–Kier alpha value is -3.11. The number of nitriles is 2. The first-order chi connectivity index (χ1) is 11.2. The molecule has 0 unspecified atom stereocenters. The summed E-state index contributed by atoms with van der Waals surface area (Å²) in [6.07, 6.45) is 0.113. The third kappa shape index (κ3) is 3.96. The minimum absolute atomic E-state index is 0.0816. The molecule has 0 bridgehead atoms. The monoisotopic (exact) mass is 304 g/mol. The highest BCUT2D eigenvalue weighted by Crippen LogP contribution is 2.30. The number of carbonyl (C=O) groups excluding carboxylic acids is 1. The number of Topliss-reactive ketones (excluding diaryl/α,β-unsaturated/α-hetero) is 1. The van der Waals surface area contributed by atoms with Crippen molar-refractivity contribution in [3.63, 3.8) is 0 Å². The van der Waals surface area contributed by atoms with Gasteiger partial charge in [0.2, 0.25) is 0 Å². The summed E-state index contributed by atoms with van der Waals surface area (Å²) in [5.74, 6) is -0.742. The van der Waals surface area contributed by atoms with Crippen LogP contribution in [0.1, 0.15) is 28.3 Å². The zero-order valence-corrected chi connectivity index (χ0v) is 12.8. The Kier molecular flexibility index (Phi) is 5.50. The van der Waals surface area contributed by atoms with Gasteiger partial charge < -0.3 is 4.74 Å². The molecule has 0 radical (unpaired) electrons. The van der Waals surface area contributed by atoms with E-state index in [1.165, 1.54) is 0 Å². The molecule has 2 aromatic rings.